The topological polar surface area (TPSA) is 21.3 Å². The summed E-state index contributed by atoms with van der Waals surface area (Å²) in [5.41, 5.74) is 3.75. The van der Waals surface area contributed by atoms with Gasteiger partial charge in [-0.15, -0.1) is 11.3 Å². The van der Waals surface area contributed by atoms with Crippen LogP contribution < -0.4 is 10.1 Å². The van der Waals surface area contributed by atoms with Gasteiger partial charge in [0, 0.05) is 23.0 Å². The molecular weight excluding hydrogens is 350 g/mol. The smallest absolute Gasteiger partial charge is 0.127 e. The summed E-state index contributed by atoms with van der Waals surface area (Å²) in [6, 6.07) is 26.0. The molecule has 4 aromatic rings. The Morgan fingerprint density at radius 1 is 0.963 bits per heavy atom. The van der Waals surface area contributed by atoms with Crippen LogP contribution in [0.25, 0.3) is 21.2 Å². The van der Waals surface area contributed by atoms with Crippen molar-refractivity contribution < 1.29 is 4.74 Å². The standard InChI is InChI=1S/C24H23NOS/c1-17(20-10-5-8-19-7-3-4-9-21(19)20)25-16-18-12-13-23(26-2)22(15-18)24-11-6-14-27-24/h3-15,17,25H,16H2,1-2H3/t17-/m1/s1. The van der Waals surface area contributed by atoms with Gasteiger partial charge in [-0.05, 0) is 52.4 Å². The Labute approximate surface area is 164 Å². The van der Waals surface area contributed by atoms with Crippen molar-refractivity contribution in [2.24, 2.45) is 0 Å². The molecule has 0 saturated carbocycles. The lowest BCUT2D eigenvalue weighted by atomic mass is 9.99. The second kappa shape index (κ2) is 7.95. The number of nitrogens with one attached hydrogen (secondary N) is 1. The van der Waals surface area contributed by atoms with Crippen molar-refractivity contribution in [3.05, 3.63) is 89.3 Å². The molecule has 1 N–H and O–H groups in total. The fourth-order valence-corrected chi connectivity index (χ4v) is 4.25. The predicted molar refractivity (Wildman–Crippen MR) is 116 cm³/mol. The number of hydrogen-bond donors (Lipinski definition) is 1. The summed E-state index contributed by atoms with van der Waals surface area (Å²) in [7, 11) is 1.73. The first kappa shape index (κ1) is 17.8. The van der Waals surface area contributed by atoms with Crippen molar-refractivity contribution in [3.8, 4) is 16.2 Å². The molecule has 1 heterocycles. The molecule has 1 atom stereocenters. The molecule has 0 aliphatic heterocycles. The normalized spacial score (nSPS) is 12.2. The van der Waals surface area contributed by atoms with Gasteiger partial charge >= 0.3 is 0 Å². The van der Waals surface area contributed by atoms with Crippen LogP contribution >= 0.6 is 11.3 Å². The van der Waals surface area contributed by atoms with Crippen LogP contribution in [0.2, 0.25) is 0 Å². The summed E-state index contributed by atoms with van der Waals surface area (Å²) >= 11 is 1.74. The van der Waals surface area contributed by atoms with Crippen LogP contribution in [0.4, 0.5) is 0 Å². The van der Waals surface area contributed by atoms with E-state index in [1.165, 1.54) is 26.8 Å². The van der Waals surface area contributed by atoms with Gasteiger partial charge in [0.1, 0.15) is 5.75 Å². The van der Waals surface area contributed by atoms with E-state index in [9.17, 15) is 0 Å². The van der Waals surface area contributed by atoms with Crippen molar-refractivity contribution in [3.63, 3.8) is 0 Å². The third kappa shape index (κ3) is 3.75. The molecule has 3 heteroatoms. The highest BCUT2D eigenvalue weighted by Gasteiger charge is 2.11. The predicted octanol–water partition coefficient (Wildman–Crippen LogP) is 6.43. The molecule has 0 fully saturated rings. The molecule has 2 nitrogen and oxygen atoms in total. The molecule has 27 heavy (non-hydrogen) atoms. The first-order valence-electron chi connectivity index (χ1n) is 9.18. The van der Waals surface area contributed by atoms with E-state index >= 15 is 0 Å². The average molecular weight is 374 g/mol. The first-order valence-corrected chi connectivity index (χ1v) is 10.1. The summed E-state index contributed by atoms with van der Waals surface area (Å²) in [4.78, 5) is 1.23. The molecule has 0 aliphatic rings. The Bertz CT molecular complexity index is 1030. The van der Waals surface area contributed by atoms with Crippen molar-refractivity contribution in [1.29, 1.82) is 0 Å². The van der Waals surface area contributed by atoms with E-state index in [-0.39, 0.29) is 6.04 Å². The van der Waals surface area contributed by atoms with Crippen molar-refractivity contribution in [2.45, 2.75) is 19.5 Å². The molecule has 0 spiro atoms. The van der Waals surface area contributed by atoms with E-state index in [4.69, 9.17) is 4.74 Å². The minimum atomic E-state index is 0.267. The van der Waals surface area contributed by atoms with Crippen LogP contribution in [0.5, 0.6) is 5.75 Å². The monoisotopic (exact) mass is 373 g/mol. The number of ether oxygens (including phenoxy) is 1. The van der Waals surface area contributed by atoms with Crippen LogP contribution in [0.3, 0.4) is 0 Å². The van der Waals surface area contributed by atoms with Crippen LogP contribution in [-0.4, -0.2) is 7.11 Å². The second-order valence-electron chi connectivity index (χ2n) is 6.68. The summed E-state index contributed by atoms with van der Waals surface area (Å²) in [6.45, 7) is 3.04. The minimum absolute atomic E-state index is 0.267. The highest BCUT2D eigenvalue weighted by molar-refractivity contribution is 7.13. The summed E-state index contributed by atoms with van der Waals surface area (Å²) in [5, 5.41) is 8.38. The van der Waals surface area contributed by atoms with Crippen LogP contribution in [-0.2, 0) is 6.54 Å². The van der Waals surface area contributed by atoms with Gasteiger partial charge in [0.15, 0.2) is 0 Å². The van der Waals surface area contributed by atoms with Gasteiger partial charge in [0.2, 0.25) is 0 Å². The van der Waals surface area contributed by atoms with Gasteiger partial charge in [-0.2, -0.15) is 0 Å². The number of hydrogen-bond acceptors (Lipinski definition) is 3. The van der Waals surface area contributed by atoms with Crippen molar-refractivity contribution in [2.75, 3.05) is 7.11 Å². The van der Waals surface area contributed by atoms with Crippen LogP contribution in [0.1, 0.15) is 24.1 Å². The Hall–Kier alpha value is -2.62. The molecule has 1 aromatic heterocycles. The number of fused-ring (bicyclic) bond motifs is 1. The average Bonchev–Trinajstić information content (AvgIpc) is 3.26. The zero-order valence-corrected chi connectivity index (χ0v) is 16.4. The lowest BCUT2D eigenvalue weighted by Crippen LogP contribution is -2.18. The number of thiophene rings is 1. The Balaban J connectivity index is 1.55. The minimum Gasteiger partial charge on any atom is -0.496 e. The number of rotatable bonds is 6. The quantitative estimate of drug-likeness (QED) is 0.420. The summed E-state index contributed by atoms with van der Waals surface area (Å²) in [6.07, 6.45) is 0. The maximum Gasteiger partial charge on any atom is 0.127 e. The molecule has 0 radical (unpaired) electrons. The van der Waals surface area contributed by atoms with Gasteiger partial charge in [-0.3, -0.25) is 0 Å². The van der Waals surface area contributed by atoms with E-state index < -0.39 is 0 Å². The SMILES string of the molecule is COc1ccc(CN[C@H](C)c2cccc3ccccc23)cc1-c1cccs1. The molecular formula is C24H23NOS. The number of benzene rings is 3. The Kier molecular flexibility index (Phi) is 5.23. The van der Waals surface area contributed by atoms with E-state index in [0.717, 1.165) is 17.9 Å². The molecule has 0 saturated heterocycles. The lowest BCUT2D eigenvalue weighted by Gasteiger charge is -2.17. The van der Waals surface area contributed by atoms with E-state index in [0.29, 0.717) is 0 Å². The third-order valence-corrected chi connectivity index (χ3v) is 5.86. The second-order valence-corrected chi connectivity index (χ2v) is 7.63. The van der Waals surface area contributed by atoms with Gasteiger partial charge in [0.25, 0.3) is 0 Å². The highest BCUT2D eigenvalue weighted by Crippen LogP contribution is 2.34. The van der Waals surface area contributed by atoms with Gasteiger partial charge < -0.3 is 10.1 Å². The third-order valence-electron chi connectivity index (χ3n) is 4.95. The van der Waals surface area contributed by atoms with E-state index in [2.05, 4.69) is 90.4 Å². The lowest BCUT2D eigenvalue weighted by molar-refractivity contribution is 0.416. The molecule has 0 amide bonds. The molecule has 0 unspecified atom stereocenters. The van der Waals surface area contributed by atoms with Gasteiger partial charge in [-0.25, -0.2) is 0 Å². The zero-order chi connectivity index (χ0) is 18.6. The first-order chi connectivity index (χ1) is 13.3. The van der Waals surface area contributed by atoms with Gasteiger partial charge in [0.05, 0.1) is 7.11 Å². The summed E-state index contributed by atoms with van der Waals surface area (Å²) in [5.74, 6) is 0.920. The Morgan fingerprint density at radius 3 is 2.63 bits per heavy atom. The largest absolute Gasteiger partial charge is 0.496 e. The molecule has 3 aromatic carbocycles. The molecule has 0 bridgehead atoms. The van der Waals surface area contributed by atoms with E-state index in [1.807, 2.05) is 0 Å². The fourth-order valence-electron chi connectivity index (χ4n) is 3.50. The van der Waals surface area contributed by atoms with E-state index in [1.54, 1.807) is 18.4 Å². The molecule has 4 rings (SSSR count). The number of methoxy groups -OCH3 is 1. The summed E-state index contributed by atoms with van der Waals surface area (Å²) < 4.78 is 5.55. The molecule has 136 valence electrons. The maximum absolute atomic E-state index is 5.55. The zero-order valence-electron chi connectivity index (χ0n) is 15.6. The highest BCUT2D eigenvalue weighted by atomic mass is 32.1. The van der Waals surface area contributed by atoms with Crippen molar-refractivity contribution in [1.82, 2.24) is 5.32 Å². The fraction of sp³-hybridized carbons (Fsp3) is 0.167. The van der Waals surface area contributed by atoms with Crippen LogP contribution in [0, 0.1) is 0 Å². The Morgan fingerprint density at radius 2 is 1.81 bits per heavy atom. The van der Waals surface area contributed by atoms with Crippen LogP contribution in [0.15, 0.2) is 78.2 Å². The molecule has 0 aliphatic carbocycles. The van der Waals surface area contributed by atoms with Gasteiger partial charge in [-0.1, -0.05) is 54.6 Å². The van der Waals surface area contributed by atoms with Crippen molar-refractivity contribution >= 4 is 22.1 Å². The maximum atomic E-state index is 5.55.